The molecule has 3 N–H and O–H groups in total. The molecule has 2 aromatic carbocycles. The number of carbonyl (C=O) groups excluding carboxylic acids is 2. The number of carboxylic acid groups (broad SMARTS) is 1. The van der Waals surface area contributed by atoms with Crippen LogP contribution in [0.3, 0.4) is 0 Å². The first kappa shape index (κ1) is 23.4. The molecule has 8 nitrogen and oxygen atoms in total. The van der Waals surface area contributed by atoms with Crippen molar-refractivity contribution < 1.29 is 24.2 Å². The summed E-state index contributed by atoms with van der Waals surface area (Å²) in [7, 11) is 0. The summed E-state index contributed by atoms with van der Waals surface area (Å²) in [5.41, 5.74) is 3.29. The molecular weight excluding hydrogens is 454 g/mol. The fourth-order valence-electron chi connectivity index (χ4n) is 3.93. The van der Waals surface area contributed by atoms with Gasteiger partial charge in [-0.3, -0.25) is 4.79 Å². The first-order valence-corrected chi connectivity index (χ1v) is 11.6. The Morgan fingerprint density at radius 3 is 2.24 bits per heavy atom. The zero-order valence-electron chi connectivity index (χ0n) is 19.0. The maximum Gasteiger partial charge on any atom is 0.407 e. The molecule has 34 heavy (non-hydrogen) atoms. The standard InChI is InChI=1S/C25H25N3O5S/c1-14-21(22(29)28-25(2,3)23(30)31)27-20(34-14)12-26-24(32)33-13-19-17-10-6-4-8-15(17)16-9-5-7-11-18(16)19/h4-11,19H,12-13H2,1-3H3,(H,26,32)(H,28,29)(H,30,31). The number of ether oxygens (including phenoxy) is 1. The Kier molecular flexibility index (Phi) is 6.39. The second-order valence-electron chi connectivity index (χ2n) is 8.58. The van der Waals surface area contributed by atoms with Crippen LogP contribution in [-0.4, -0.2) is 40.2 Å². The number of fused-ring (bicyclic) bond motifs is 3. The van der Waals surface area contributed by atoms with Crippen LogP contribution in [0.1, 0.15) is 51.3 Å². The van der Waals surface area contributed by atoms with Crippen LogP contribution in [-0.2, 0) is 16.1 Å². The molecule has 1 aliphatic rings. The third-order valence-corrected chi connectivity index (χ3v) is 6.72. The van der Waals surface area contributed by atoms with Gasteiger partial charge in [0.1, 0.15) is 22.8 Å². The second kappa shape index (κ2) is 9.26. The van der Waals surface area contributed by atoms with Gasteiger partial charge in [-0.2, -0.15) is 0 Å². The molecule has 0 saturated heterocycles. The summed E-state index contributed by atoms with van der Waals surface area (Å²) in [5, 5.41) is 14.8. The monoisotopic (exact) mass is 479 g/mol. The number of nitrogens with one attached hydrogen (secondary N) is 2. The number of aryl methyl sites for hydroxylation is 1. The molecule has 0 atom stereocenters. The van der Waals surface area contributed by atoms with Crippen LogP contribution in [0.4, 0.5) is 4.79 Å². The van der Waals surface area contributed by atoms with E-state index in [4.69, 9.17) is 4.74 Å². The van der Waals surface area contributed by atoms with E-state index in [1.54, 1.807) is 6.92 Å². The second-order valence-corrected chi connectivity index (χ2v) is 9.86. The fraction of sp³-hybridized carbons (Fsp3) is 0.280. The number of hydrogen-bond acceptors (Lipinski definition) is 6. The summed E-state index contributed by atoms with van der Waals surface area (Å²) in [6.45, 7) is 4.81. The molecule has 0 bridgehead atoms. The number of aliphatic carboxylic acids is 1. The summed E-state index contributed by atoms with van der Waals surface area (Å²) >= 11 is 1.25. The highest BCUT2D eigenvalue weighted by Crippen LogP contribution is 2.44. The van der Waals surface area contributed by atoms with Crippen LogP contribution in [0.2, 0.25) is 0 Å². The number of alkyl carbamates (subject to hydrolysis) is 1. The molecule has 4 rings (SSSR count). The van der Waals surface area contributed by atoms with Gasteiger partial charge in [0, 0.05) is 10.8 Å². The van der Waals surface area contributed by atoms with E-state index in [9.17, 15) is 19.5 Å². The van der Waals surface area contributed by atoms with Crippen molar-refractivity contribution in [3.63, 3.8) is 0 Å². The lowest BCUT2D eigenvalue weighted by Gasteiger charge is -2.20. The SMILES string of the molecule is Cc1sc(CNC(=O)OCC2c3ccccc3-c3ccccc32)nc1C(=O)NC(C)(C)C(=O)O. The summed E-state index contributed by atoms with van der Waals surface area (Å²) in [6.07, 6.45) is -0.576. The zero-order chi connectivity index (χ0) is 24.5. The molecule has 1 aromatic heterocycles. The average Bonchev–Trinajstić information content (AvgIpc) is 3.33. The average molecular weight is 480 g/mol. The van der Waals surface area contributed by atoms with E-state index in [-0.39, 0.29) is 24.8 Å². The highest BCUT2D eigenvalue weighted by Gasteiger charge is 2.31. The smallest absolute Gasteiger partial charge is 0.407 e. The minimum atomic E-state index is -1.42. The minimum Gasteiger partial charge on any atom is -0.480 e. The van der Waals surface area contributed by atoms with E-state index >= 15 is 0 Å². The number of nitrogens with zero attached hydrogens (tertiary/aromatic N) is 1. The molecule has 0 spiro atoms. The van der Waals surface area contributed by atoms with Gasteiger partial charge >= 0.3 is 12.1 Å². The van der Waals surface area contributed by atoms with Gasteiger partial charge in [-0.05, 0) is 43.0 Å². The van der Waals surface area contributed by atoms with Gasteiger partial charge < -0.3 is 20.5 Å². The number of carboxylic acids is 1. The van der Waals surface area contributed by atoms with Crippen LogP contribution in [0.25, 0.3) is 11.1 Å². The molecule has 9 heteroatoms. The van der Waals surface area contributed by atoms with Gasteiger partial charge in [0.25, 0.3) is 5.91 Å². The quantitative estimate of drug-likeness (QED) is 0.470. The number of benzene rings is 2. The van der Waals surface area contributed by atoms with Crippen molar-refractivity contribution in [2.75, 3.05) is 6.61 Å². The van der Waals surface area contributed by atoms with Gasteiger partial charge in [-0.1, -0.05) is 48.5 Å². The molecule has 3 aromatic rings. The van der Waals surface area contributed by atoms with Gasteiger partial charge in [-0.25, -0.2) is 14.6 Å². The molecule has 176 valence electrons. The van der Waals surface area contributed by atoms with Crippen molar-refractivity contribution in [1.29, 1.82) is 0 Å². The van der Waals surface area contributed by atoms with Crippen molar-refractivity contribution in [3.8, 4) is 11.1 Å². The summed E-state index contributed by atoms with van der Waals surface area (Å²) in [5.74, 6) is -1.76. The third kappa shape index (κ3) is 4.65. The van der Waals surface area contributed by atoms with Crippen LogP contribution in [0.5, 0.6) is 0 Å². The molecular formula is C25H25N3O5S. The van der Waals surface area contributed by atoms with Crippen LogP contribution < -0.4 is 10.6 Å². The number of carbonyl (C=O) groups is 3. The minimum absolute atomic E-state index is 0.0341. The third-order valence-electron chi connectivity index (χ3n) is 5.74. The Morgan fingerprint density at radius 2 is 1.65 bits per heavy atom. The predicted octanol–water partition coefficient (Wildman–Crippen LogP) is 4.08. The van der Waals surface area contributed by atoms with Crippen molar-refractivity contribution in [1.82, 2.24) is 15.6 Å². The molecule has 1 aliphatic carbocycles. The lowest BCUT2D eigenvalue weighted by Crippen LogP contribution is -2.49. The molecule has 0 aliphatic heterocycles. The summed E-state index contributed by atoms with van der Waals surface area (Å²) in [6, 6.07) is 16.2. The Labute approximate surface area is 201 Å². The van der Waals surface area contributed by atoms with Crippen molar-refractivity contribution in [3.05, 3.63) is 75.2 Å². The van der Waals surface area contributed by atoms with Crippen molar-refractivity contribution >= 4 is 29.3 Å². The maximum atomic E-state index is 12.4. The Hall–Kier alpha value is -3.72. The van der Waals surface area contributed by atoms with Crippen molar-refractivity contribution in [2.45, 2.75) is 38.8 Å². The Bertz CT molecular complexity index is 1220. The highest BCUT2D eigenvalue weighted by atomic mass is 32.1. The highest BCUT2D eigenvalue weighted by molar-refractivity contribution is 7.11. The Morgan fingerprint density at radius 1 is 1.06 bits per heavy atom. The fourth-order valence-corrected chi connectivity index (χ4v) is 4.80. The molecule has 1 heterocycles. The summed E-state index contributed by atoms with van der Waals surface area (Å²) in [4.78, 5) is 41.0. The Balaban J connectivity index is 1.35. The number of rotatable bonds is 7. The van der Waals surface area contributed by atoms with Gasteiger partial charge in [0.2, 0.25) is 0 Å². The topological polar surface area (TPSA) is 118 Å². The van der Waals surface area contributed by atoms with Gasteiger partial charge in [-0.15, -0.1) is 11.3 Å². The predicted molar refractivity (Wildman–Crippen MR) is 128 cm³/mol. The molecule has 0 fully saturated rings. The van der Waals surface area contributed by atoms with Crippen LogP contribution in [0, 0.1) is 6.92 Å². The van der Waals surface area contributed by atoms with E-state index in [0.717, 1.165) is 22.3 Å². The lowest BCUT2D eigenvalue weighted by molar-refractivity contribution is -0.143. The number of amides is 2. The number of thiazole rings is 1. The molecule has 0 saturated carbocycles. The van der Waals surface area contributed by atoms with Crippen LogP contribution >= 0.6 is 11.3 Å². The largest absolute Gasteiger partial charge is 0.480 e. The first-order chi connectivity index (χ1) is 16.2. The molecule has 0 unspecified atom stereocenters. The first-order valence-electron chi connectivity index (χ1n) is 10.8. The number of hydrogen-bond donors (Lipinski definition) is 3. The molecule has 0 radical (unpaired) electrons. The van der Waals surface area contributed by atoms with E-state index < -0.39 is 23.5 Å². The van der Waals surface area contributed by atoms with E-state index in [1.165, 1.54) is 25.2 Å². The van der Waals surface area contributed by atoms with Crippen molar-refractivity contribution in [2.24, 2.45) is 0 Å². The van der Waals surface area contributed by atoms with Gasteiger partial charge in [0.05, 0.1) is 6.54 Å². The van der Waals surface area contributed by atoms with E-state index in [1.807, 2.05) is 24.3 Å². The lowest BCUT2D eigenvalue weighted by atomic mass is 9.98. The van der Waals surface area contributed by atoms with Gasteiger partial charge in [0.15, 0.2) is 0 Å². The molecule has 2 amide bonds. The van der Waals surface area contributed by atoms with E-state index in [0.29, 0.717) is 9.88 Å². The number of aromatic nitrogens is 1. The normalized spacial score (nSPS) is 12.6. The van der Waals surface area contributed by atoms with E-state index in [2.05, 4.69) is 39.9 Å². The summed E-state index contributed by atoms with van der Waals surface area (Å²) < 4.78 is 5.52. The zero-order valence-corrected chi connectivity index (χ0v) is 19.9. The maximum absolute atomic E-state index is 12.4. The van der Waals surface area contributed by atoms with Crippen LogP contribution in [0.15, 0.2) is 48.5 Å².